The highest BCUT2D eigenvalue weighted by Crippen LogP contribution is 2.43. The summed E-state index contributed by atoms with van der Waals surface area (Å²) in [6.07, 6.45) is 9.10. The molecule has 4 aromatic rings. The van der Waals surface area contributed by atoms with Gasteiger partial charge in [0.2, 0.25) is 17.7 Å². The molecule has 0 saturated carbocycles. The summed E-state index contributed by atoms with van der Waals surface area (Å²) in [4.78, 5) is 57.8. The minimum Gasteiger partial charge on any atom is -0.446 e. The molecule has 2 aromatic heterocycles. The Balaban J connectivity index is 0.000000162. The van der Waals surface area contributed by atoms with Gasteiger partial charge >= 0.3 is 6.09 Å². The van der Waals surface area contributed by atoms with Crippen molar-refractivity contribution in [3.8, 4) is 0 Å². The Kier molecular flexibility index (Phi) is 9.62. The summed E-state index contributed by atoms with van der Waals surface area (Å²) < 4.78 is 18.7. The molecule has 0 bridgehead atoms. The van der Waals surface area contributed by atoms with Crippen molar-refractivity contribution >= 4 is 56.8 Å². The molecule has 0 radical (unpaired) electrons. The molecule has 0 fully saturated rings. The van der Waals surface area contributed by atoms with Crippen LogP contribution in [0.4, 0.5) is 9.18 Å². The van der Waals surface area contributed by atoms with Crippen molar-refractivity contribution in [3.05, 3.63) is 83.2 Å². The highest BCUT2D eigenvalue weighted by Gasteiger charge is 2.38. The van der Waals surface area contributed by atoms with Crippen LogP contribution in [0.25, 0.3) is 33.0 Å². The van der Waals surface area contributed by atoms with Gasteiger partial charge in [0, 0.05) is 74.4 Å². The standard InChI is InChI=1S/C20H22FN3O3.C20H23N3O2/c1-23-11-13(19(25)24(2)20(26)27-7-6-21)8-15-14-4-3-5-16-18(14)12(10-22-16)9-17(15)23;1-4-21-20(25)14-8-16-15-6-5-7-17-19(15)13(11-23(17)12(2)24)9-18(16)22(3)10-14/h3-5,8,10,13,17,22H,6-7,9,11H2,1-2H3;5-8,11,14,18H,4,9-10H2,1-3H3,(H,21,25). The molecule has 0 spiro atoms. The smallest absolute Gasteiger partial charge is 0.416 e. The fourth-order valence-corrected chi connectivity index (χ4v) is 8.45. The summed E-state index contributed by atoms with van der Waals surface area (Å²) in [6.45, 7) is 4.31. The Hall–Kier alpha value is -5.07. The number of hydrogen-bond donors (Lipinski definition) is 2. The Morgan fingerprint density at radius 3 is 2.23 bits per heavy atom. The number of nitrogens with zero attached hydrogens (tertiary/aromatic N) is 4. The zero-order valence-electron chi connectivity index (χ0n) is 30.2. The monoisotopic (exact) mass is 708 g/mol. The molecule has 2 N–H and O–H groups in total. The minimum absolute atomic E-state index is 0.0285. The highest BCUT2D eigenvalue weighted by atomic mass is 19.1. The van der Waals surface area contributed by atoms with Gasteiger partial charge in [0.25, 0.3) is 0 Å². The van der Waals surface area contributed by atoms with E-state index in [1.165, 1.54) is 29.1 Å². The lowest BCUT2D eigenvalue weighted by atomic mass is 9.79. The van der Waals surface area contributed by atoms with Crippen molar-refractivity contribution in [2.45, 2.75) is 38.8 Å². The summed E-state index contributed by atoms with van der Waals surface area (Å²) >= 11 is 0. The number of imide groups is 1. The van der Waals surface area contributed by atoms with Crippen LogP contribution >= 0.6 is 0 Å². The fraction of sp³-hybridized carbons (Fsp3) is 0.400. The molecule has 12 heteroatoms. The maximum absolute atomic E-state index is 12.8. The molecule has 272 valence electrons. The van der Waals surface area contributed by atoms with E-state index in [0.29, 0.717) is 13.1 Å². The first-order valence-corrected chi connectivity index (χ1v) is 17.9. The number of alkyl halides is 1. The summed E-state index contributed by atoms with van der Waals surface area (Å²) in [5.41, 5.74) is 9.16. The lowest BCUT2D eigenvalue weighted by Crippen LogP contribution is -2.48. The largest absolute Gasteiger partial charge is 0.446 e. The average molecular weight is 709 g/mol. The van der Waals surface area contributed by atoms with Crippen molar-refractivity contribution < 1.29 is 28.3 Å². The molecule has 52 heavy (non-hydrogen) atoms. The number of amides is 3. The topological polar surface area (TPSA) is 120 Å². The van der Waals surface area contributed by atoms with Crippen LogP contribution in [0.1, 0.15) is 40.9 Å². The lowest BCUT2D eigenvalue weighted by Gasteiger charge is -2.39. The van der Waals surface area contributed by atoms with Crippen LogP contribution in [-0.2, 0) is 27.2 Å². The van der Waals surface area contributed by atoms with E-state index in [1.54, 1.807) is 11.5 Å². The average Bonchev–Trinajstić information content (AvgIpc) is 3.74. The zero-order chi connectivity index (χ0) is 36.8. The van der Waals surface area contributed by atoms with Crippen LogP contribution in [0, 0.1) is 11.8 Å². The third-order valence-electron chi connectivity index (χ3n) is 10.9. The maximum Gasteiger partial charge on any atom is 0.416 e. The van der Waals surface area contributed by atoms with Crippen LogP contribution < -0.4 is 5.32 Å². The second-order valence-electron chi connectivity index (χ2n) is 14.2. The van der Waals surface area contributed by atoms with E-state index >= 15 is 0 Å². The number of likely N-dealkylation sites (N-methyl/N-ethyl adjacent to an activating group) is 2. The Morgan fingerprint density at radius 2 is 1.56 bits per heavy atom. The lowest BCUT2D eigenvalue weighted by molar-refractivity contribution is -0.131. The molecule has 0 saturated heterocycles. The van der Waals surface area contributed by atoms with Crippen LogP contribution in [0.15, 0.2) is 60.9 Å². The molecule has 11 nitrogen and oxygen atoms in total. The number of halogens is 1. The van der Waals surface area contributed by atoms with Gasteiger partial charge in [0.15, 0.2) is 0 Å². The zero-order valence-corrected chi connectivity index (χ0v) is 30.2. The summed E-state index contributed by atoms with van der Waals surface area (Å²) in [5, 5.41) is 5.30. The maximum atomic E-state index is 12.8. The van der Waals surface area contributed by atoms with Crippen LogP contribution in [0.5, 0.6) is 0 Å². The molecule has 8 rings (SSSR count). The van der Waals surface area contributed by atoms with Crippen LogP contribution in [-0.4, -0.2) is 114 Å². The summed E-state index contributed by atoms with van der Waals surface area (Å²) in [7, 11) is 5.45. The number of ether oxygens (including phenoxy) is 1. The molecule has 2 aliphatic heterocycles. The summed E-state index contributed by atoms with van der Waals surface area (Å²) in [5.74, 6) is -0.827. The van der Waals surface area contributed by atoms with Gasteiger partial charge in [-0.2, -0.15) is 0 Å². The Labute approximate surface area is 302 Å². The second-order valence-corrected chi connectivity index (χ2v) is 14.2. The minimum atomic E-state index is -0.820. The first kappa shape index (κ1) is 35.3. The highest BCUT2D eigenvalue weighted by molar-refractivity contribution is 6.03. The van der Waals surface area contributed by atoms with E-state index < -0.39 is 18.7 Å². The van der Waals surface area contributed by atoms with Crippen LogP contribution in [0.2, 0.25) is 0 Å². The van der Waals surface area contributed by atoms with E-state index in [2.05, 4.69) is 51.6 Å². The van der Waals surface area contributed by atoms with Gasteiger partial charge in [-0.15, -0.1) is 0 Å². The number of aromatic amines is 1. The first-order chi connectivity index (χ1) is 25.0. The van der Waals surface area contributed by atoms with Crippen molar-refractivity contribution in [1.29, 1.82) is 0 Å². The number of carbonyl (C=O) groups excluding carboxylic acids is 4. The third-order valence-corrected chi connectivity index (χ3v) is 10.9. The van der Waals surface area contributed by atoms with Gasteiger partial charge in [-0.1, -0.05) is 36.4 Å². The van der Waals surface area contributed by atoms with E-state index in [9.17, 15) is 23.6 Å². The van der Waals surface area contributed by atoms with Crippen molar-refractivity contribution in [3.63, 3.8) is 0 Å². The number of benzene rings is 2. The van der Waals surface area contributed by atoms with Crippen LogP contribution in [0.3, 0.4) is 0 Å². The van der Waals surface area contributed by atoms with Gasteiger partial charge in [-0.25, -0.2) is 14.1 Å². The van der Waals surface area contributed by atoms with Crippen molar-refractivity contribution in [1.82, 2.24) is 29.6 Å². The van der Waals surface area contributed by atoms with Gasteiger partial charge in [-0.05, 0) is 79.4 Å². The van der Waals surface area contributed by atoms with Crippen molar-refractivity contribution in [2.75, 3.05) is 54.1 Å². The Morgan fingerprint density at radius 1 is 0.923 bits per heavy atom. The predicted octanol–water partition coefficient (Wildman–Crippen LogP) is 4.91. The van der Waals surface area contributed by atoms with Gasteiger partial charge < -0.3 is 15.0 Å². The first-order valence-electron chi connectivity index (χ1n) is 17.9. The molecule has 2 aliphatic carbocycles. The summed E-state index contributed by atoms with van der Waals surface area (Å²) in [6, 6.07) is 12.7. The SMILES string of the molecule is CCNC(=O)C1C=C2c3cccc4c3c(cn4C(C)=O)CC2N(C)C1.CN(C(=O)OCCF)C(=O)C1C=C2c3cccc4[nH]cc(c34)CC2N(C)C1. The number of fused-ring (bicyclic) bond motifs is 4. The third kappa shape index (κ3) is 6.13. The van der Waals surface area contributed by atoms with Gasteiger partial charge in [-0.3, -0.25) is 28.8 Å². The number of nitrogens with one attached hydrogen (secondary N) is 2. The normalized spacial score (nSPS) is 22.0. The fourth-order valence-electron chi connectivity index (χ4n) is 8.45. The van der Waals surface area contributed by atoms with E-state index in [1.807, 2.05) is 50.5 Å². The number of carbonyl (C=O) groups is 4. The molecule has 4 unspecified atom stereocenters. The molecular weight excluding hydrogens is 663 g/mol. The molecule has 4 heterocycles. The molecular formula is C40H45FN6O5. The Bertz CT molecular complexity index is 2150. The second kappa shape index (κ2) is 14.2. The number of hydrogen-bond acceptors (Lipinski definition) is 7. The number of rotatable bonds is 5. The van der Waals surface area contributed by atoms with E-state index in [0.717, 1.165) is 57.4 Å². The van der Waals surface area contributed by atoms with E-state index in [-0.39, 0.29) is 42.3 Å². The predicted molar refractivity (Wildman–Crippen MR) is 198 cm³/mol. The molecule has 4 aliphatic rings. The van der Waals surface area contributed by atoms with Gasteiger partial charge in [0.05, 0.1) is 17.4 Å². The van der Waals surface area contributed by atoms with Gasteiger partial charge in [0.1, 0.15) is 13.3 Å². The number of aromatic nitrogens is 2. The quantitative estimate of drug-likeness (QED) is 0.303. The van der Waals surface area contributed by atoms with E-state index in [4.69, 9.17) is 4.74 Å². The van der Waals surface area contributed by atoms with Crippen molar-refractivity contribution in [2.24, 2.45) is 11.8 Å². The molecule has 2 aromatic carbocycles. The molecule has 4 atom stereocenters. The molecule has 3 amide bonds. The number of H-pyrrole nitrogens is 1.